The maximum Gasteiger partial charge on any atom is 0.193 e. The maximum atomic E-state index is 4.58. The Morgan fingerprint density at radius 1 is 1.15 bits per heavy atom. The van der Waals surface area contributed by atoms with Crippen LogP contribution in [0.3, 0.4) is 0 Å². The van der Waals surface area contributed by atoms with E-state index in [9.17, 15) is 0 Å². The molecule has 5 nitrogen and oxygen atoms in total. The molecule has 1 aliphatic carbocycles. The quantitative estimate of drug-likeness (QED) is 0.417. The number of guanidine groups is 1. The smallest absolute Gasteiger partial charge is 0.193 e. The predicted octanol–water partition coefficient (Wildman–Crippen LogP) is 3.64. The van der Waals surface area contributed by atoms with Crippen LogP contribution < -0.4 is 10.2 Å². The Bertz CT molecular complexity index is 622. The van der Waals surface area contributed by atoms with E-state index in [1.165, 1.54) is 57.1 Å². The highest BCUT2D eigenvalue weighted by molar-refractivity contribution is 14.0. The summed E-state index contributed by atoms with van der Waals surface area (Å²) in [4.78, 5) is 14.0. The number of likely N-dealkylation sites (tertiary alicyclic amines) is 1. The Kier molecular flexibility index (Phi) is 6.64. The van der Waals surface area contributed by atoms with Gasteiger partial charge >= 0.3 is 0 Å². The monoisotopic (exact) mass is 469 g/mol. The van der Waals surface area contributed by atoms with Crippen LogP contribution in [0.2, 0.25) is 0 Å². The minimum absolute atomic E-state index is 0. The number of rotatable bonds is 3. The predicted molar refractivity (Wildman–Crippen MR) is 118 cm³/mol. The van der Waals surface area contributed by atoms with E-state index in [1.807, 2.05) is 13.2 Å². The van der Waals surface area contributed by atoms with Gasteiger partial charge in [0.15, 0.2) is 5.96 Å². The highest BCUT2D eigenvalue weighted by Gasteiger charge is 2.43. The largest absolute Gasteiger partial charge is 0.357 e. The molecule has 3 aliphatic rings. The van der Waals surface area contributed by atoms with Crippen LogP contribution in [0.25, 0.3) is 0 Å². The molecule has 26 heavy (non-hydrogen) atoms. The van der Waals surface area contributed by atoms with Gasteiger partial charge in [-0.2, -0.15) is 0 Å². The zero-order chi connectivity index (χ0) is 17.1. The third kappa shape index (κ3) is 4.26. The second-order valence-electron chi connectivity index (χ2n) is 8.00. The van der Waals surface area contributed by atoms with Gasteiger partial charge in [-0.05, 0) is 61.6 Å². The Morgan fingerprint density at radius 2 is 1.96 bits per heavy atom. The standard InChI is InChI=1S/C20H31N5.HI/c1-21-19(25-13-9-20(16-25)7-5-8-20)23-15-17-6-10-22-18(14-17)24-11-3-2-4-12-24;/h6,10,14H,2-5,7-9,11-13,15-16H2,1H3,(H,21,23);1H. The van der Waals surface area contributed by atoms with Gasteiger partial charge in [0.25, 0.3) is 0 Å². The minimum atomic E-state index is 0. The number of halogens is 1. The normalized spacial score (nSPS) is 22.1. The number of aromatic nitrogens is 1. The summed E-state index contributed by atoms with van der Waals surface area (Å²) in [5.41, 5.74) is 1.89. The van der Waals surface area contributed by atoms with Crippen LogP contribution in [0, 0.1) is 5.41 Å². The van der Waals surface area contributed by atoms with Gasteiger partial charge in [-0.3, -0.25) is 4.99 Å². The van der Waals surface area contributed by atoms with Gasteiger partial charge in [-0.1, -0.05) is 6.42 Å². The van der Waals surface area contributed by atoms with Gasteiger partial charge in [-0.25, -0.2) is 4.98 Å². The van der Waals surface area contributed by atoms with Gasteiger partial charge in [0.1, 0.15) is 5.82 Å². The molecule has 1 spiro atoms. The molecule has 4 rings (SSSR count). The molecule has 1 aromatic heterocycles. The van der Waals surface area contributed by atoms with Crippen molar-refractivity contribution in [2.75, 3.05) is 38.1 Å². The van der Waals surface area contributed by atoms with E-state index < -0.39 is 0 Å². The fourth-order valence-corrected chi connectivity index (χ4v) is 4.58. The van der Waals surface area contributed by atoms with Gasteiger partial charge in [0.2, 0.25) is 0 Å². The van der Waals surface area contributed by atoms with Crippen LogP contribution in [-0.2, 0) is 6.54 Å². The highest BCUT2D eigenvalue weighted by Crippen LogP contribution is 2.47. The minimum Gasteiger partial charge on any atom is -0.357 e. The summed E-state index contributed by atoms with van der Waals surface area (Å²) < 4.78 is 0. The lowest BCUT2D eigenvalue weighted by atomic mass is 9.68. The number of nitrogens with one attached hydrogen (secondary N) is 1. The van der Waals surface area contributed by atoms with Crippen molar-refractivity contribution in [2.24, 2.45) is 10.4 Å². The first-order valence-electron chi connectivity index (χ1n) is 9.94. The summed E-state index contributed by atoms with van der Waals surface area (Å²) in [6.07, 6.45) is 11.4. The average Bonchev–Trinajstić information content (AvgIpc) is 3.09. The van der Waals surface area contributed by atoms with Crippen molar-refractivity contribution in [3.63, 3.8) is 0 Å². The summed E-state index contributed by atoms with van der Waals surface area (Å²) in [6.45, 7) is 5.43. The molecular formula is C20H32IN5. The molecule has 2 aliphatic heterocycles. The Hall–Kier alpha value is -1.05. The number of hydrogen-bond donors (Lipinski definition) is 1. The van der Waals surface area contributed by atoms with Gasteiger partial charge in [0.05, 0.1) is 0 Å². The summed E-state index contributed by atoms with van der Waals surface area (Å²) >= 11 is 0. The van der Waals surface area contributed by atoms with E-state index in [1.54, 1.807) is 0 Å². The molecule has 0 atom stereocenters. The van der Waals surface area contributed by atoms with E-state index in [-0.39, 0.29) is 24.0 Å². The molecule has 0 radical (unpaired) electrons. The summed E-state index contributed by atoms with van der Waals surface area (Å²) in [5.74, 6) is 2.18. The van der Waals surface area contributed by atoms with Crippen molar-refractivity contribution in [3.05, 3.63) is 23.9 Å². The highest BCUT2D eigenvalue weighted by atomic mass is 127. The molecule has 0 amide bonds. The Morgan fingerprint density at radius 3 is 2.62 bits per heavy atom. The van der Waals surface area contributed by atoms with Crippen LogP contribution in [-0.4, -0.2) is 49.1 Å². The SMILES string of the molecule is CN=C(NCc1ccnc(N2CCCCC2)c1)N1CCC2(CCC2)C1.I. The zero-order valence-electron chi connectivity index (χ0n) is 15.9. The molecule has 1 saturated carbocycles. The number of piperidine rings is 1. The number of aliphatic imine (C=N–C) groups is 1. The number of pyridine rings is 1. The fraction of sp³-hybridized carbons (Fsp3) is 0.700. The lowest BCUT2D eigenvalue weighted by molar-refractivity contribution is 0.151. The van der Waals surface area contributed by atoms with Crippen molar-refractivity contribution < 1.29 is 0 Å². The summed E-state index contributed by atoms with van der Waals surface area (Å²) in [5, 5.41) is 3.57. The molecule has 144 valence electrons. The fourth-order valence-electron chi connectivity index (χ4n) is 4.58. The van der Waals surface area contributed by atoms with Crippen molar-refractivity contribution in [1.29, 1.82) is 0 Å². The number of anilines is 1. The third-order valence-electron chi connectivity index (χ3n) is 6.30. The molecule has 1 N–H and O–H groups in total. The van der Waals surface area contributed by atoms with E-state index in [2.05, 4.69) is 37.2 Å². The van der Waals surface area contributed by atoms with Crippen LogP contribution in [0.15, 0.2) is 23.3 Å². The topological polar surface area (TPSA) is 43.8 Å². The molecular weight excluding hydrogens is 437 g/mol. The summed E-state index contributed by atoms with van der Waals surface area (Å²) in [6, 6.07) is 4.36. The van der Waals surface area contributed by atoms with Crippen molar-refractivity contribution in [1.82, 2.24) is 15.2 Å². The second-order valence-corrected chi connectivity index (χ2v) is 8.00. The first-order chi connectivity index (χ1) is 12.3. The molecule has 2 saturated heterocycles. The van der Waals surface area contributed by atoms with E-state index in [4.69, 9.17) is 0 Å². The lowest BCUT2D eigenvalue weighted by Crippen LogP contribution is -2.42. The molecule has 3 fully saturated rings. The van der Waals surface area contributed by atoms with Crippen LogP contribution >= 0.6 is 24.0 Å². The summed E-state index contributed by atoms with van der Waals surface area (Å²) in [7, 11) is 1.90. The molecule has 1 aromatic rings. The van der Waals surface area contributed by atoms with Crippen LogP contribution in [0.4, 0.5) is 5.82 Å². The van der Waals surface area contributed by atoms with Crippen molar-refractivity contribution >= 4 is 35.8 Å². The van der Waals surface area contributed by atoms with E-state index in [0.29, 0.717) is 5.41 Å². The van der Waals surface area contributed by atoms with Gasteiger partial charge in [-0.15, -0.1) is 24.0 Å². The average molecular weight is 469 g/mol. The Labute approximate surface area is 174 Å². The van der Waals surface area contributed by atoms with E-state index in [0.717, 1.165) is 38.0 Å². The van der Waals surface area contributed by atoms with Crippen LogP contribution in [0.1, 0.15) is 50.5 Å². The van der Waals surface area contributed by atoms with Crippen molar-refractivity contribution in [2.45, 2.75) is 51.5 Å². The second kappa shape index (κ2) is 8.76. The van der Waals surface area contributed by atoms with Gasteiger partial charge < -0.3 is 15.1 Å². The number of nitrogens with zero attached hydrogens (tertiary/aromatic N) is 4. The van der Waals surface area contributed by atoms with E-state index >= 15 is 0 Å². The maximum absolute atomic E-state index is 4.58. The first-order valence-corrected chi connectivity index (χ1v) is 9.94. The molecule has 0 aromatic carbocycles. The third-order valence-corrected chi connectivity index (χ3v) is 6.30. The van der Waals surface area contributed by atoms with Gasteiger partial charge in [0, 0.05) is 46.0 Å². The molecule has 6 heteroatoms. The molecule has 0 unspecified atom stereocenters. The lowest BCUT2D eigenvalue weighted by Gasteiger charge is -2.38. The van der Waals surface area contributed by atoms with Crippen LogP contribution in [0.5, 0.6) is 0 Å². The molecule has 3 heterocycles. The van der Waals surface area contributed by atoms with Crippen molar-refractivity contribution in [3.8, 4) is 0 Å². The first kappa shape index (κ1) is 19.7. The molecule has 0 bridgehead atoms. The zero-order valence-corrected chi connectivity index (χ0v) is 18.2. The number of hydrogen-bond acceptors (Lipinski definition) is 3. The Balaban J connectivity index is 0.00000196.